The third-order valence-corrected chi connectivity index (χ3v) is 2.77. The largest absolute Gasteiger partial charge is 0.480 e. The fourth-order valence-corrected chi connectivity index (χ4v) is 1.70. The second-order valence-corrected chi connectivity index (χ2v) is 4.67. The zero-order valence-corrected chi connectivity index (χ0v) is 11.6. The summed E-state index contributed by atoms with van der Waals surface area (Å²) < 4.78 is 4.77. The van der Waals surface area contributed by atoms with Crippen LogP contribution in [-0.4, -0.2) is 55.4 Å². The minimum Gasteiger partial charge on any atom is -0.480 e. The summed E-state index contributed by atoms with van der Waals surface area (Å²) in [7, 11) is 0. The van der Waals surface area contributed by atoms with Crippen molar-refractivity contribution in [2.45, 2.75) is 19.3 Å². The van der Waals surface area contributed by atoms with Gasteiger partial charge in [-0.15, -0.1) is 0 Å². The minimum atomic E-state index is -1.01. The van der Waals surface area contributed by atoms with Gasteiger partial charge >= 0.3 is 12.0 Å². The van der Waals surface area contributed by atoms with Crippen molar-refractivity contribution < 1.29 is 19.4 Å². The smallest absolute Gasteiger partial charge is 0.329 e. The van der Waals surface area contributed by atoms with E-state index in [1.807, 2.05) is 11.8 Å². The molecule has 106 valence electrons. The van der Waals surface area contributed by atoms with E-state index in [1.54, 1.807) is 0 Å². The third kappa shape index (κ3) is 13.1. The zero-order valence-electron chi connectivity index (χ0n) is 10.7. The van der Waals surface area contributed by atoms with Crippen LogP contribution in [0.1, 0.15) is 19.3 Å². The van der Waals surface area contributed by atoms with Gasteiger partial charge in [0.05, 0.1) is 6.61 Å². The summed E-state index contributed by atoms with van der Waals surface area (Å²) in [5.41, 5.74) is 0. The van der Waals surface area contributed by atoms with E-state index in [0.29, 0.717) is 13.1 Å². The average Bonchev–Trinajstić information content (AvgIpc) is 2.33. The molecule has 0 heterocycles. The highest BCUT2D eigenvalue weighted by Crippen LogP contribution is 2.00. The topological polar surface area (TPSA) is 87.7 Å². The van der Waals surface area contributed by atoms with Gasteiger partial charge in [-0.2, -0.15) is 11.8 Å². The molecule has 0 unspecified atom stereocenters. The molecule has 0 bridgehead atoms. The summed E-state index contributed by atoms with van der Waals surface area (Å²) in [6.07, 6.45) is 5.35. The first-order valence-electron chi connectivity index (χ1n) is 5.97. The molecule has 3 N–H and O–H groups in total. The first kappa shape index (κ1) is 17.1. The van der Waals surface area contributed by atoms with Crippen LogP contribution in [0.5, 0.6) is 0 Å². The van der Waals surface area contributed by atoms with Crippen molar-refractivity contribution in [2.75, 3.05) is 38.3 Å². The first-order chi connectivity index (χ1) is 8.66. The number of carboxylic acid groups (broad SMARTS) is 1. The van der Waals surface area contributed by atoms with Crippen LogP contribution in [0.25, 0.3) is 0 Å². The molecule has 18 heavy (non-hydrogen) atoms. The van der Waals surface area contributed by atoms with Crippen LogP contribution in [0.3, 0.4) is 0 Å². The fourth-order valence-electron chi connectivity index (χ4n) is 1.21. The van der Waals surface area contributed by atoms with Gasteiger partial charge in [-0.3, -0.25) is 0 Å². The maximum atomic E-state index is 11.2. The lowest BCUT2D eigenvalue weighted by atomic mass is 10.2. The minimum absolute atomic E-state index is 0.202. The number of rotatable bonds is 11. The summed E-state index contributed by atoms with van der Waals surface area (Å²) in [4.78, 5) is 21.4. The lowest BCUT2D eigenvalue weighted by Gasteiger charge is -2.07. The van der Waals surface area contributed by atoms with E-state index >= 15 is 0 Å². The molecule has 0 atom stereocenters. The van der Waals surface area contributed by atoms with Gasteiger partial charge in [0.25, 0.3) is 0 Å². The number of nitrogens with one attached hydrogen (secondary N) is 2. The van der Waals surface area contributed by atoms with Gasteiger partial charge in [-0.25, -0.2) is 9.59 Å². The van der Waals surface area contributed by atoms with E-state index in [-0.39, 0.29) is 19.2 Å². The summed E-state index contributed by atoms with van der Waals surface area (Å²) in [6, 6.07) is -0.237. The Morgan fingerprint density at radius 2 is 1.89 bits per heavy atom. The lowest BCUT2D eigenvalue weighted by molar-refractivity contribution is -0.142. The average molecular weight is 278 g/mol. The molecule has 6 nitrogen and oxygen atoms in total. The SMILES string of the molecule is CSCCCCCNC(=O)NCCOCC(=O)O. The first-order valence-corrected chi connectivity index (χ1v) is 7.36. The maximum Gasteiger partial charge on any atom is 0.329 e. The molecule has 0 aliphatic heterocycles. The van der Waals surface area contributed by atoms with Crippen molar-refractivity contribution in [3.05, 3.63) is 0 Å². The van der Waals surface area contributed by atoms with Gasteiger partial charge < -0.3 is 20.5 Å². The van der Waals surface area contributed by atoms with Gasteiger partial charge in [0.2, 0.25) is 0 Å². The maximum absolute atomic E-state index is 11.2. The Kier molecular flexibility index (Phi) is 11.8. The molecule has 0 aromatic rings. The van der Waals surface area contributed by atoms with E-state index in [9.17, 15) is 9.59 Å². The van der Waals surface area contributed by atoms with Crippen molar-refractivity contribution in [2.24, 2.45) is 0 Å². The quantitative estimate of drug-likeness (QED) is 0.489. The monoisotopic (exact) mass is 278 g/mol. The highest BCUT2D eigenvalue weighted by molar-refractivity contribution is 7.98. The Labute approximate surface area is 112 Å². The van der Waals surface area contributed by atoms with Crippen LogP contribution >= 0.6 is 11.8 Å². The van der Waals surface area contributed by atoms with Crippen molar-refractivity contribution in [3.8, 4) is 0 Å². The molecule has 0 aliphatic carbocycles. The number of urea groups is 1. The predicted molar refractivity (Wildman–Crippen MR) is 72.1 cm³/mol. The summed E-state index contributed by atoms with van der Waals surface area (Å²) in [5.74, 6) is 0.150. The molecule has 0 aromatic carbocycles. The van der Waals surface area contributed by atoms with E-state index in [0.717, 1.165) is 18.6 Å². The molecule has 7 heteroatoms. The Bertz CT molecular complexity index is 239. The number of amides is 2. The van der Waals surface area contributed by atoms with Crippen LogP contribution in [0.4, 0.5) is 4.79 Å². The van der Waals surface area contributed by atoms with E-state index in [4.69, 9.17) is 9.84 Å². The molecular weight excluding hydrogens is 256 g/mol. The van der Waals surface area contributed by atoms with Gasteiger partial charge in [-0.05, 0) is 24.9 Å². The number of carboxylic acids is 1. The summed E-state index contributed by atoms with van der Waals surface area (Å²) in [6.45, 7) is 0.841. The third-order valence-electron chi connectivity index (χ3n) is 2.07. The summed E-state index contributed by atoms with van der Waals surface area (Å²) in [5, 5.41) is 13.6. The number of carbonyl (C=O) groups excluding carboxylic acids is 1. The van der Waals surface area contributed by atoms with Crippen molar-refractivity contribution >= 4 is 23.8 Å². The Balaban J connectivity index is 3.20. The van der Waals surface area contributed by atoms with Crippen molar-refractivity contribution in [3.63, 3.8) is 0 Å². The van der Waals surface area contributed by atoms with E-state index in [2.05, 4.69) is 16.9 Å². The molecule has 0 saturated heterocycles. The Morgan fingerprint density at radius 3 is 2.56 bits per heavy atom. The fraction of sp³-hybridized carbons (Fsp3) is 0.818. The standard InChI is InChI=1S/C11H22N2O4S/c1-18-8-4-2-3-5-12-11(16)13-6-7-17-9-10(14)15/h2-9H2,1H3,(H,14,15)(H2,12,13,16). The molecular formula is C11H22N2O4S. The Hall–Kier alpha value is -0.950. The van der Waals surface area contributed by atoms with Crippen LogP contribution in [-0.2, 0) is 9.53 Å². The van der Waals surface area contributed by atoms with Gasteiger partial charge in [-0.1, -0.05) is 6.42 Å². The molecule has 0 spiro atoms. The predicted octanol–water partition coefficient (Wildman–Crippen LogP) is 0.920. The molecule has 0 aromatic heterocycles. The second kappa shape index (κ2) is 12.5. The molecule has 2 amide bonds. The van der Waals surface area contributed by atoms with Crippen LogP contribution in [0.2, 0.25) is 0 Å². The van der Waals surface area contributed by atoms with Crippen LogP contribution in [0, 0.1) is 0 Å². The second-order valence-electron chi connectivity index (χ2n) is 3.68. The van der Waals surface area contributed by atoms with Crippen LogP contribution < -0.4 is 10.6 Å². The molecule has 0 rings (SSSR count). The number of hydrogen-bond donors (Lipinski definition) is 3. The molecule has 0 radical (unpaired) electrons. The van der Waals surface area contributed by atoms with Crippen molar-refractivity contribution in [1.82, 2.24) is 10.6 Å². The van der Waals surface area contributed by atoms with Crippen molar-refractivity contribution in [1.29, 1.82) is 0 Å². The van der Waals surface area contributed by atoms with Gasteiger partial charge in [0.1, 0.15) is 6.61 Å². The molecule has 0 saturated carbocycles. The van der Waals surface area contributed by atoms with E-state index < -0.39 is 5.97 Å². The number of thioether (sulfide) groups is 1. The molecule has 0 fully saturated rings. The number of carbonyl (C=O) groups is 2. The number of aliphatic carboxylic acids is 1. The van der Waals surface area contributed by atoms with Gasteiger partial charge in [0, 0.05) is 13.1 Å². The van der Waals surface area contributed by atoms with Gasteiger partial charge in [0.15, 0.2) is 0 Å². The highest BCUT2D eigenvalue weighted by atomic mass is 32.2. The molecule has 0 aliphatic rings. The zero-order chi connectivity index (χ0) is 13.6. The normalized spacial score (nSPS) is 10.1. The highest BCUT2D eigenvalue weighted by Gasteiger charge is 1.99. The number of ether oxygens (including phenoxy) is 1. The lowest BCUT2D eigenvalue weighted by Crippen LogP contribution is -2.37. The Morgan fingerprint density at radius 1 is 1.17 bits per heavy atom. The van der Waals surface area contributed by atoms with E-state index in [1.165, 1.54) is 6.42 Å². The number of unbranched alkanes of at least 4 members (excludes halogenated alkanes) is 2. The number of hydrogen-bond acceptors (Lipinski definition) is 4. The van der Waals surface area contributed by atoms with Crippen LogP contribution in [0.15, 0.2) is 0 Å². The summed E-state index contributed by atoms with van der Waals surface area (Å²) >= 11 is 1.83.